The maximum Gasteiger partial charge on any atom is 0.306 e. The molecule has 0 fully saturated rings. The van der Waals surface area contributed by atoms with E-state index in [4.69, 9.17) is 5.11 Å². The van der Waals surface area contributed by atoms with Crippen molar-refractivity contribution in [3.05, 3.63) is 35.4 Å². The number of carbonyl (C=O) groups is 1. The molecule has 0 aromatic heterocycles. The van der Waals surface area contributed by atoms with Crippen molar-refractivity contribution in [2.45, 2.75) is 19.0 Å². The maximum absolute atomic E-state index is 13.5. The first-order chi connectivity index (χ1) is 6.68. The van der Waals surface area contributed by atoms with Crippen LogP contribution >= 0.6 is 0 Å². The van der Waals surface area contributed by atoms with E-state index in [0.29, 0.717) is 12.0 Å². The number of rotatable bonds is 1. The van der Waals surface area contributed by atoms with E-state index in [1.54, 1.807) is 18.2 Å². The molecule has 3 heteroatoms. The first-order valence-corrected chi connectivity index (χ1v) is 4.63. The van der Waals surface area contributed by atoms with Crippen LogP contribution in [0.25, 0.3) is 0 Å². The molecule has 1 aromatic carbocycles. The summed E-state index contributed by atoms with van der Waals surface area (Å²) < 4.78 is 13.5. The highest BCUT2D eigenvalue weighted by molar-refractivity contribution is 5.71. The largest absolute Gasteiger partial charge is 0.481 e. The van der Waals surface area contributed by atoms with Crippen molar-refractivity contribution in [1.82, 2.24) is 0 Å². The molecule has 74 valence electrons. The number of hydrogen-bond donors (Lipinski definition) is 1. The molecule has 0 radical (unpaired) electrons. The summed E-state index contributed by atoms with van der Waals surface area (Å²) >= 11 is 0. The molecular formula is C11H11FO2. The Hall–Kier alpha value is -1.38. The van der Waals surface area contributed by atoms with Gasteiger partial charge in [0.2, 0.25) is 0 Å². The van der Waals surface area contributed by atoms with Crippen LogP contribution in [0.5, 0.6) is 0 Å². The van der Waals surface area contributed by atoms with E-state index in [1.165, 1.54) is 0 Å². The minimum absolute atomic E-state index is 0.104. The fraction of sp³-hybridized carbons (Fsp3) is 0.364. The zero-order chi connectivity index (χ0) is 10.1. The molecular weight excluding hydrogens is 183 g/mol. The summed E-state index contributed by atoms with van der Waals surface area (Å²) in [5, 5.41) is 8.81. The Labute approximate surface area is 81.4 Å². The van der Waals surface area contributed by atoms with Gasteiger partial charge < -0.3 is 5.11 Å². The molecule has 14 heavy (non-hydrogen) atoms. The molecule has 1 aliphatic carbocycles. The van der Waals surface area contributed by atoms with Crippen molar-refractivity contribution in [3.8, 4) is 0 Å². The molecule has 0 aliphatic heterocycles. The van der Waals surface area contributed by atoms with Crippen LogP contribution in [0, 0.1) is 5.92 Å². The van der Waals surface area contributed by atoms with E-state index in [2.05, 4.69) is 0 Å². The van der Waals surface area contributed by atoms with Crippen molar-refractivity contribution in [3.63, 3.8) is 0 Å². The summed E-state index contributed by atoms with van der Waals surface area (Å²) in [6.07, 6.45) is -0.570. The number of carboxylic acid groups (broad SMARTS) is 1. The molecule has 2 atom stereocenters. The average Bonchev–Trinajstić information content (AvgIpc) is 2.17. The third kappa shape index (κ3) is 1.50. The molecule has 0 bridgehead atoms. The summed E-state index contributed by atoms with van der Waals surface area (Å²) in [4.78, 5) is 10.7. The normalized spacial score (nSPS) is 25.5. The topological polar surface area (TPSA) is 37.3 Å². The van der Waals surface area contributed by atoms with Gasteiger partial charge in [0.1, 0.15) is 6.17 Å². The van der Waals surface area contributed by atoms with E-state index in [0.717, 1.165) is 5.56 Å². The lowest BCUT2D eigenvalue weighted by Crippen LogP contribution is -2.23. The first kappa shape index (κ1) is 9.19. The van der Waals surface area contributed by atoms with Gasteiger partial charge >= 0.3 is 5.97 Å². The zero-order valence-electron chi connectivity index (χ0n) is 7.61. The third-order valence-corrected chi connectivity index (χ3v) is 2.70. The van der Waals surface area contributed by atoms with Crippen LogP contribution in [-0.2, 0) is 11.2 Å². The van der Waals surface area contributed by atoms with Gasteiger partial charge in [0.25, 0.3) is 0 Å². The highest BCUT2D eigenvalue weighted by Gasteiger charge is 2.30. The van der Waals surface area contributed by atoms with Gasteiger partial charge in [0, 0.05) is 0 Å². The summed E-state index contributed by atoms with van der Waals surface area (Å²) in [6.45, 7) is 0. The van der Waals surface area contributed by atoms with Crippen LogP contribution in [-0.4, -0.2) is 11.1 Å². The van der Waals surface area contributed by atoms with Crippen LogP contribution in [0.2, 0.25) is 0 Å². The second-order valence-electron chi connectivity index (χ2n) is 3.64. The molecule has 0 amide bonds. The van der Waals surface area contributed by atoms with Crippen LogP contribution < -0.4 is 0 Å². The number of halogens is 1. The Morgan fingerprint density at radius 3 is 2.86 bits per heavy atom. The van der Waals surface area contributed by atoms with E-state index in [1.807, 2.05) is 6.07 Å². The van der Waals surface area contributed by atoms with E-state index < -0.39 is 18.1 Å². The van der Waals surface area contributed by atoms with Crippen LogP contribution in [0.3, 0.4) is 0 Å². The Balaban J connectivity index is 2.33. The second-order valence-corrected chi connectivity index (χ2v) is 3.64. The fourth-order valence-electron chi connectivity index (χ4n) is 1.94. The van der Waals surface area contributed by atoms with Crippen LogP contribution in [0.4, 0.5) is 4.39 Å². The van der Waals surface area contributed by atoms with Crippen molar-refractivity contribution < 1.29 is 14.3 Å². The standard InChI is InChI=1S/C11H11FO2/c12-10-6-8(11(13)14)5-7-3-1-2-4-9(7)10/h1-4,8,10H,5-6H2,(H,13,14). The smallest absolute Gasteiger partial charge is 0.306 e. The second kappa shape index (κ2) is 3.40. The van der Waals surface area contributed by atoms with Gasteiger partial charge in [-0.2, -0.15) is 0 Å². The van der Waals surface area contributed by atoms with Gasteiger partial charge in [-0.1, -0.05) is 24.3 Å². The molecule has 2 unspecified atom stereocenters. The Bertz CT molecular complexity index is 362. The molecule has 0 saturated heterocycles. The Kier molecular flexibility index (Phi) is 2.23. The lowest BCUT2D eigenvalue weighted by Gasteiger charge is -2.24. The minimum atomic E-state index is -1.12. The predicted molar refractivity (Wildman–Crippen MR) is 49.7 cm³/mol. The van der Waals surface area contributed by atoms with Gasteiger partial charge in [-0.25, -0.2) is 4.39 Å². The lowest BCUT2D eigenvalue weighted by molar-refractivity contribution is -0.142. The van der Waals surface area contributed by atoms with Crippen molar-refractivity contribution >= 4 is 5.97 Å². The highest BCUT2D eigenvalue weighted by Crippen LogP contribution is 2.35. The third-order valence-electron chi connectivity index (χ3n) is 2.70. The maximum atomic E-state index is 13.5. The van der Waals surface area contributed by atoms with Crippen LogP contribution in [0.15, 0.2) is 24.3 Å². The number of fused-ring (bicyclic) bond motifs is 1. The van der Waals surface area contributed by atoms with Gasteiger partial charge in [0.05, 0.1) is 5.92 Å². The predicted octanol–water partition coefficient (Wildman–Crippen LogP) is 2.34. The lowest BCUT2D eigenvalue weighted by atomic mass is 9.83. The summed E-state index contributed by atoms with van der Waals surface area (Å²) in [5.41, 5.74) is 1.49. The number of alkyl halides is 1. The Morgan fingerprint density at radius 1 is 1.43 bits per heavy atom. The van der Waals surface area contributed by atoms with E-state index >= 15 is 0 Å². The van der Waals surface area contributed by atoms with Gasteiger partial charge in [-0.15, -0.1) is 0 Å². The molecule has 2 rings (SSSR count). The summed E-state index contributed by atoms with van der Waals surface area (Å²) in [6, 6.07) is 7.14. The van der Waals surface area contributed by atoms with Crippen molar-refractivity contribution in [2.75, 3.05) is 0 Å². The quantitative estimate of drug-likeness (QED) is 0.745. The van der Waals surface area contributed by atoms with Crippen molar-refractivity contribution in [1.29, 1.82) is 0 Å². The van der Waals surface area contributed by atoms with E-state index in [9.17, 15) is 9.18 Å². The van der Waals surface area contributed by atoms with Gasteiger partial charge in [-0.3, -0.25) is 4.79 Å². The number of carboxylic acids is 1. The molecule has 1 aromatic rings. The van der Waals surface area contributed by atoms with Gasteiger partial charge in [-0.05, 0) is 24.0 Å². The highest BCUT2D eigenvalue weighted by atomic mass is 19.1. The molecule has 0 saturated carbocycles. The molecule has 0 heterocycles. The monoisotopic (exact) mass is 194 g/mol. The minimum Gasteiger partial charge on any atom is -0.481 e. The van der Waals surface area contributed by atoms with Crippen molar-refractivity contribution in [2.24, 2.45) is 5.92 Å². The first-order valence-electron chi connectivity index (χ1n) is 4.63. The van der Waals surface area contributed by atoms with Gasteiger partial charge in [0.15, 0.2) is 0 Å². The average molecular weight is 194 g/mol. The fourth-order valence-corrected chi connectivity index (χ4v) is 1.94. The molecule has 1 aliphatic rings. The SMILES string of the molecule is O=C(O)C1Cc2ccccc2C(F)C1. The number of hydrogen-bond acceptors (Lipinski definition) is 1. The summed E-state index contributed by atoms with van der Waals surface area (Å²) in [5.74, 6) is -1.47. The number of benzene rings is 1. The molecule has 2 nitrogen and oxygen atoms in total. The molecule has 0 spiro atoms. The molecule has 1 N–H and O–H groups in total. The number of aliphatic carboxylic acids is 1. The van der Waals surface area contributed by atoms with Crippen LogP contribution in [0.1, 0.15) is 23.7 Å². The zero-order valence-corrected chi connectivity index (χ0v) is 7.61. The Morgan fingerprint density at radius 2 is 2.14 bits per heavy atom. The summed E-state index contributed by atoms with van der Waals surface area (Å²) in [7, 11) is 0. The van der Waals surface area contributed by atoms with E-state index in [-0.39, 0.29) is 6.42 Å².